The van der Waals surface area contributed by atoms with E-state index in [0.29, 0.717) is 72.0 Å². The number of carbonyl (C=O) groups is 2. The topological polar surface area (TPSA) is 155 Å². The molecule has 15 heteroatoms. The Bertz CT molecular complexity index is 2150. The lowest BCUT2D eigenvalue weighted by Crippen LogP contribution is -2.70. The average Bonchev–Trinajstić information content (AvgIpc) is 3.33. The summed E-state index contributed by atoms with van der Waals surface area (Å²) in [6, 6.07) is 15.7. The molecule has 2 fully saturated rings. The SMILES string of the molecule is C=CCOC12Oc3ccc(Oc4ccc(OC)c(C=O)c4)cc3C3C(CCCCO)C(CCCCO)C=C(C(=NOC4CCCCO4)CC1N(Cc1ccc(F)cc1)C(=O)OCCCl)C32. The fraction of sp³-hybridized carbons (Fsp3) is 0.500. The van der Waals surface area contributed by atoms with E-state index in [1.54, 1.807) is 47.4 Å². The molecule has 0 spiro atoms. The molecule has 65 heavy (non-hydrogen) atoms. The number of alkyl halides is 1. The van der Waals surface area contributed by atoms with Crippen LogP contribution in [-0.4, -0.2) is 97.3 Å². The smallest absolute Gasteiger partial charge is 0.410 e. The molecule has 1 amide bonds. The van der Waals surface area contributed by atoms with Gasteiger partial charge in [0.15, 0.2) is 6.29 Å². The van der Waals surface area contributed by atoms with Crippen LogP contribution in [0.1, 0.15) is 91.6 Å². The lowest BCUT2D eigenvalue weighted by atomic mass is 9.55. The first-order valence-electron chi connectivity index (χ1n) is 22.7. The highest BCUT2D eigenvalue weighted by Crippen LogP contribution is 2.62. The maximum atomic E-state index is 14.6. The Hall–Kier alpha value is -4.99. The van der Waals surface area contributed by atoms with Crippen molar-refractivity contribution in [3.63, 3.8) is 0 Å². The number of aliphatic hydroxyl groups excluding tert-OH is 2. The number of fused-ring (bicyclic) bond motifs is 2. The summed E-state index contributed by atoms with van der Waals surface area (Å²) in [6.07, 6.45) is 10.2. The van der Waals surface area contributed by atoms with Crippen LogP contribution >= 0.6 is 11.6 Å². The van der Waals surface area contributed by atoms with E-state index in [2.05, 4.69) is 12.7 Å². The van der Waals surface area contributed by atoms with Crippen LogP contribution in [0.2, 0.25) is 0 Å². The number of allylic oxidation sites excluding steroid dienone is 1. The lowest BCUT2D eigenvalue weighted by molar-refractivity contribution is -0.256. The second-order valence-corrected chi connectivity index (χ2v) is 17.2. The number of unbranched alkanes of at least 4 members (excludes halogenated alkanes) is 2. The van der Waals surface area contributed by atoms with E-state index in [4.69, 9.17) is 50.0 Å². The van der Waals surface area contributed by atoms with E-state index >= 15 is 0 Å². The molecule has 7 atom stereocenters. The van der Waals surface area contributed by atoms with E-state index < -0.39 is 35.9 Å². The predicted octanol–water partition coefficient (Wildman–Crippen LogP) is 9.48. The number of halogens is 2. The van der Waals surface area contributed by atoms with Crippen LogP contribution in [0.3, 0.4) is 0 Å². The van der Waals surface area contributed by atoms with Gasteiger partial charge in [0.25, 0.3) is 0 Å². The molecule has 350 valence electrons. The number of carbonyl (C=O) groups excluding carboxylic acids is 2. The number of aliphatic hydroxyl groups is 2. The third kappa shape index (κ3) is 11.0. The van der Waals surface area contributed by atoms with Gasteiger partial charge < -0.3 is 43.5 Å². The molecule has 3 aromatic rings. The van der Waals surface area contributed by atoms with Gasteiger partial charge >= 0.3 is 6.09 Å². The van der Waals surface area contributed by atoms with Crippen LogP contribution in [0.5, 0.6) is 23.0 Å². The molecule has 0 radical (unpaired) electrons. The van der Waals surface area contributed by atoms with Crippen molar-refractivity contribution in [3.8, 4) is 23.0 Å². The van der Waals surface area contributed by atoms with Crippen LogP contribution in [0.25, 0.3) is 0 Å². The number of methoxy groups -OCH3 is 1. The predicted molar refractivity (Wildman–Crippen MR) is 242 cm³/mol. The number of hydrogen-bond donors (Lipinski definition) is 2. The first-order valence-corrected chi connectivity index (χ1v) is 23.2. The molecular weight excluding hydrogens is 859 g/mol. The van der Waals surface area contributed by atoms with Gasteiger partial charge in [-0.2, -0.15) is 0 Å². The van der Waals surface area contributed by atoms with E-state index in [1.807, 2.05) is 12.1 Å². The number of amides is 1. The highest BCUT2D eigenvalue weighted by atomic mass is 35.5. The number of ether oxygens (including phenoxy) is 6. The van der Waals surface area contributed by atoms with Gasteiger partial charge in [-0.3, -0.25) is 9.69 Å². The number of aldehydes is 1. The first kappa shape index (κ1) is 48.0. The van der Waals surface area contributed by atoms with Gasteiger partial charge in [0.2, 0.25) is 12.1 Å². The minimum absolute atomic E-state index is 0.00107. The van der Waals surface area contributed by atoms with Crippen molar-refractivity contribution in [2.24, 2.45) is 22.9 Å². The van der Waals surface area contributed by atoms with Crippen LogP contribution < -0.4 is 14.2 Å². The van der Waals surface area contributed by atoms with E-state index in [0.717, 1.165) is 49.7 Å². The van der Waals surface area contributed by atoms with Gasteiger partial charge in [-0.1, -0.05) is 42.3 Å². The molecule has 2 aliphatic heterocycles. The van der Waals surface area contributed by atoms with Gasteiger partial charge in [-0.05, 0) is 110 Å². The Labute approximate surface area is 385 Å². The molecule has 4 aliphatic rings. The van der Waals surface area contributed by atoms with Crippen LogP contribution in [0, 0.1) is 23.6 Å². The molecule has 13 nitrogen and oxygen atoms in total. The molecule has 0 aromatic heterocycles. The summed E-state index contributed by atoms with van der Waals surface area (Å²) in [7, 11) is 1.50. The molecule has 2 N–H and O–H groups in total. The zero-order chi connectivity index (χ0) is 45.8. The van der Waals surface area contributed by atoms with Gasteiger partial charge in [-0.15, -0.1) is 18.2 Å². The summed E-state index contributed by atoms with van der Waals surface area (Å²) in [6.45, 7) is 4.64. The number of benzene rings is 3. The quantitative estimate of drug-likeness (QED) is 0.0326. The summed E-state index contributed by atoms with van der Waals surface area (Å²) in [4.78, 5) is 34.3. The molecule has 3 aromatic carbocycles. The third-order valence-corrected chi connectivity index (χ3v) is 13.0. The van der Waals surface area contributed by atoms with Crippen LogP contribution in [0.15, 0.2) is 90.1 Å². The second-order valence-electron chi connectivity index (χ2n) is 16.9. The minimum atomic E-state index is -1.58. The number of hydrogen-bond acceptors (Lipinski definition) is 12. The third-order valence-electron chi connectivity index (χ3n) is 12.8. The monoisotopic (exact) mass is 918 g/mol. The van der Waals surface area contributed by atoms with E-state index in [9.17, 15) is 24.2 Å². The van der Waals surface area contributed by atoms with Crippen molar-refractivity contribution in [2.45, 2.75) is 94.8 Å². The summed E-state index contributed by atoms with van der Waals surface area (Å²) in [5, 5.41) is 24.9. The van der Waals surface area contributed by atoms with Gasteiger partial charge in [0.1, 0.15) is 41.5 Å². The zero-order valence-electron chi connectivity index (χ0n) is 36.9. The highest BCUT2D eigenvalue weighted by molar-refractivity contribution is 6.18. The fourth-order valence-corrected chi connectivity index (χ4v) is 10.0. The second kappa shape index (κ2) is 23.0. The molecule has 1 saturated carbocycles. The molecular formula is C50H60ClFN2O11. The number of nitrogens with zero attached hydrogens (tertiary/aromatic N) is 2. The normalized spacial score (nSPS) is 25.0. The van der Waals surface area contributed by atoms with E-state index in [-0.39, 0.29) is 63.0 Å². The van der Waals surface area contributed by atoms with Gasteiger partial charge in [0.05, 0.1) is 43.4 Å². The summed E-state index contributed by atoms with van der Waals surface area (Å²) in [5.74, 6) is -1.12. The van der Waals surface area contributed by atoms with Crippen LogP contribution in [-0.2, 0) is 25.6 Å². The molecule has 0 bridgehead atoms. The van der Waals surface area contributed by atoms with Crippen molar-refractivity contribution in [1.29, 1.82) is 0 Å². The molecule has 1 saturated heterocycles. The first-order chi connectivity index (χ1) is 31.8. The average molecular weight is 919 g/mol. The maximum Gasteiger partial charge on any atom is 0.410 e. The van der Waals surface area contributed by atoms with Crippen molar-refractivity contribution in [3.05, 3.63) is 107 Å². The Morgan fingerprint density at radius 3 is 2.51 bits per heavy atom. The molecule has 7 rings (SSSR count). The summed E-state index contributed by atoms with van der Waals surface area (Å²) in [5.41, 5.74) is 3.25. The lowest BCUT2D eigenvalue weighted by Gasteiger charge is -2.59. The molecule has 2 heterocycles. The van der Waals surface area contributed by atoms with Crippen molar-refractivity contribution >= 4 is 29.7 Å². The highest BCUT2D eigenvalue weighted by Gasteiger charge is 2.65. The summed E-state index contributed by atoms with van der Waals surface area (Å²) < 4.78 is 52.3. The van der Waals surface area contributed by atoms with Gasteiger partial charge in [0, 0.05) is 44.1 Å². The van der Waals surface area contributed by atoms with E-state index in [1.165, 1.54) is 19.2 Å². The number of rotatable bonds is 22. The molecule has 2 aliphatic carbocycles. The Balaban J connectivity index is 1.45. The Morgan fingerprint density at radius 2 is 1.80 bits per heavy atom. The summed E-state index contributed by atoms with van der Waals surface area (Å²) >= 11 is 6.09. The standard InChI is InChI=1S/C50H60ClFN2O11/c1-3-24-62-50-45(54(49(58)61-26-21-51)31-33-13-15-36(52)16-14-33)30-42(53-65-46-12-6-9-25-60-46)40-28-34(10-4-7-22-55)39(11-5-8-23-56)47(48(40)50)41-29-38(18-20-44(41)64-50)63-37-17-19-43(59-2)35(27-37)32-57/h3,13-20,27-29,32,34,39,45-48,55-56H,1,4-12,21-26,30-31H2,2H3. The Kier molecular flexibility index (Phi) is 16.9. The largest absolute Gasteiger partial charge is 0.496 e. The number of oxime groups is 1. The fourth-order valence-electron chi connectivity index (χ4n) is 9.93. The van der Waals surface area contributed by atoms with Crippen molar-refractivity contribution in [2.75, 3.05) is 46.0 Å². The zero-order valence-corrected chi connectivity index (χ0v) is 37.7. The van der Waals surface area contributed by atoms with Gasteiger partial charge in [-0.25, -0.2) is 9.18 Å². The molecule has 7 unspecified atom stereocenters. The minimum Gasteiger partial charge on any atom is -0.496 e. The maximum absolute atomic E-state index is 14.6. The van der Waals surface area contributed by atoms with Crippen molar-refractivity contribution < 1.29 is 57.5 Å². The van der Waals surface area contributed by atoms with Crippen molar-refractivity contribution in [1.82, 2.24) is 4.90 Å². The Morgan fingerprint density at radius 1 is 1.03 bits per heavy atom. The van der Waals surface area contributed by atoms with Crippen LogP contribution in [0.4, 0.5) is 9.18 Å².